The van der Waals surface area contributed by atoms with Gasteiger partial charge in [-0.25, -0.2) is 0 Å². The number of nitrogens with one attached hydrogen (secondary N) is 2. The molecule has 0 aromatic heterocycles. The molecule has 0 aliphatic rings. The van der Waals surface area contributed by atoms with Gasteiger partial charge in [0.25, 0.3) is 0 Å². The van der Waals surface area contributed by atoms with Crippen LogP contribution in [0.1, 0.15) is 27.8 Å². The van der Waals surface area contributed by atoms with Gasteiger partial charge in [-0.3, -0.25) is 9.59 Å². The van der Waals surface area contributed by atoms with E-state index in [1.165, 1.54) is 19.3 Å². The van der Waals surface area contributed by atoms with Gasteiger partial charge in [-0.1, -0.05) is 60.2 Å². The van der Waals surface area contributed by atoms with Gasteiger partial charge in [-0.15, -0.1) is 6.58 Å². The van der Waals surface area contributed by atoms with E-state index in [0.29, 0.717) is 35.8 Å². The molecule has 248 valence electrons. The molecule has 0 aliphatic carbocycles. The second kappa shape index (κ2) is 18.8. The lowest BCUT2D eigenvalue weighted by atomic mass is 10.1. The number of benzene rings is 4. The minimum atomic E-state index is -0.226. The van der Waals surface area contributed by atoms with Crippen LogP contribution in [-0.4, -0.2) is 37.7 Å². The van der Waals surface area contributed by atoms with Gasteiger partial charge in [-0.05, 0) is 92.1 Å². The Balaban J connectivity index is 0.000000260. The zero-order valence-corrected chi connectivity index (χ0v) is 27.8. The minimum Gasteiger partial charge on any atom is -0.504 e. The summed E-state index contributed by atoms with van der Waals surface area (Å²) in [6.45, 7) is 11.7. The third-order valence-electron chi connectivity index (χ3n) is 6.80. The zero-order chi connectivity index (χ0) is 34.9. The highest BCUT2D eigenvalue weighted by atomic mass is 16.5. The molecule has 0 unspecified atom stereocenters. The number of ether oxygens (including phenoxy) is 3. The average molecular weight is 647 g/mol. The number of anilines is 2. The fourth-order valence-electron chi connectivity index (χ4n) is 4.29. The third-order valence-corrected chi connectivity index (χ3v) is 6.80. The molecule has 4 aromatic carbocycles. The molecule has 48 heavy (non-hydrogen) atoms. The minimum absolute atomic E-state index is 0.0960. The van der Waals surface area contributed by atoms with Gasteiger partial charge in [0.15, 0.2) is 23.0 Å². The van der Waals surface area contributed by atoms with E-state index in [2.05, 4.69) is 23.8 Å². The molecule has 0 saturated carbocycles. The molecule has 3 N–H and O–H groups in total. The summed E-state index contributed by atoms with van der Waals surface area (Å²) < 4.78 is 16.0. The van der Waals surface area contributed by atoms with Crippen molar-refractivity contribution in [2.45, 2.75) is 20.3 Å². The Hall–Kier alpha value is -6.02. The summed E-state index contributed by atoms with van der Waals surface area (Å²) in [7, 11) is 3.07. The van der Waals surface area contributed by atoms with Crippen molar-refractivity contribution in [3.8, 4) is 23.0 Å². The first-order chi connectivity index (χ1) is 23.1. The lowest BCUT2D eigenvalue weighted by molar-refractivity contribution is -0.112. The molecule has 0 bridgehead atoms. The number of phenolic OH excluding ortho intramolecular Hbond substituents is 1. The number of allylic oxidation sites excluding steroid dienone is 1. The third kappa shape index (κ3) is 11.7. The molecule has 2 amide bonds. The second-order valence-corrected chi connectivity index (χ2v) is 10.6. The first-order valence-electron chi connectivity index (χ1n) is 15.2. The van der Waals surface area contributed by atoms with Crippen molar-refractivity contribution in [2.75, 3.05) is 31.5 Å². The summed E-state index contributed by atoms with van der Waals surface area (Å²) in [6, 6.07) is 24.2. The molecule has 0 spiro atoms. The Morgan fingerprint density at radius 3 is 1.71 bits per heavy atom. The monoisotopic (exact) mass is 646 g/mol. The molecular formula is C40H42N2O6. The molecule has 0 radical (unpaired) electrons. The fraction of sp³-hybridized carbons (Fsp3) is 0.150. The van der Waals surface area contributed by atoms with E-state index in [9.17, 15) is 14.7 Å². The van der Waals surface area contributed by atoms with Crippen molar-refractivity contribution in [1.29, 1.82) is 0 Å². The predicted octanol–water partition coefficient (Wildman–Crippen LogP) is 8.31. The first-order valence-corrected chi connectivity index (χ1v) is 15.2. The van der Waals surface area contributed by atoms with Crippen molar-refractivity contribution in [3.05, 3.63) is 144 Å². The molecule has 0 atom stereocenters. The van der Waals surface area contributed by atoms with E-state index in [1.54, 1.807) is 49.6 Å². The standard InChI is InChI=1S/2C20H21NO3/c1-4-13-24-18-11-7-16(14-19(18)23-3)8-12-20(22)21-17-9-5-15(2)6-10-17;1-4-5-16-12-15(13-18(24-3)20(16)23)8-11-19(22)21-17-9-6-14(2)7-10-17/h4-12,14H,1,13H2,2-3H3,(H,21,22);4,6-13,23H,1,5H2,2-3H3,(H,21,22)/b12-8+;11-8+. The van der Waals surface area contributed by atoms with Crippen molar-refractivity contribution < 1.29 is 28.9 Å². The molecule has 0 aliphatic heterocycles. The van der Waals surface area contributed by atoms with Crippen molar-refractivity contribution in [1.82, 2.24) is 0 Å². The maximum Gasteiger partial charge on any atom is 0.248 e. The van der Waals surface area contributed by atoms with Crippen LogP contribution >= 0.6 is 0 Å². The summed E-state index contributed by atoms with van der Waals surface area (Å²) in [5.74, 6) is 1.30. The number of methoxy groups -OCH3 is 2. The fourth-order valence-corrected chi connectivity index (χ4v) is 4.29. The Labute approximate surface area is 282 Å². The van der Waals surface area contributed by atoms with E-state index in [1.807, 2.05) is 74.5 Å². The highest BCUT2D eigenvalue weighted by Gasteiger charge is 2.09. The van der Waals surface area contributed by atoms with Crippen LogP contribution in [0.4, 0.5) is 11.4 Å². The second-order valence-electron chi connectivity index (χ2n) is 10.6. The Kier molecular flexibility index (Phi) is 14.3. The van der Waals surface area contributed by atoms with E-state index < -0.39 is 0 Å². The number of aromatic hydroxyl groups is 1. The number of carbonyl (C=O) groups excluding carboxylic acids is 2. The lowest BCUT2D eigenvalue weighted by Crippen LogP contribution is -2.07. The lowest BCUT2D eigenvalue weighted by Gasteiger charge is -2.09. The smallest absolute Gasteiger partial charge is 0.248 e. The molecular weight excluding hydrogens is 604 g/mol. The number of hydrogen-bond acceptors (Lipinski definition) is 6. The molecule has 0 heterocycles. The van der Waals surface area contributed by atoms with Crippen LogP contribution in [0.2, 0.25) is 0 Å². The summed E-state index contributed by atoms with van der Waals surface area (Å²) in [4.78, 5) is 24.0. The normalized spacial score (nSPS) is 10.5. The van der Waals surface area contributed by atoms with Gasteiger partial charge in [-0.2, -0.15) is 0 Å². The zero-order valence-electron chi connectivity index (χ0n) is 27.8. The molecule has 8 nitrogen and oxygen atoms in total. The molecule has 0 saturated heterocycles. The van der Waals surface area contributed by atoms with Crippen LogP contribution in [0.5, 0.6) is 23.0 Å². The largest absolute Gasteiger partial charge is 0.504 e. The van der Waals surface area contributed by atoms with Crippen molar-refractivity contribution in [3.63, 3.8) is 0 Å². The van der Waals surface area contributed by atoms with Gasteiger partial charge in [0.1, 0.15) is 6.61 Å². The van der Waals surface area contributed by atoms with E-state index in [4.69, 9.17) is 14.2 Å². The molecule has 0 fully saturated rings. The van der Waals surface area contributed by atoms with E-state index >= 15 is 0 Å². The van der Waals surface area contributed by atoms with E-state index in [0.717, 1.165) is 33.6 Å². The average Bonchev–Trinajstić information content (AvgIpc) is 3.09. The summed E-state index contributed by atoms with van der Waals surface area (Å²) in [5, 5.41) is 15.7. The van der Waals surface area contributed by atoms with Crippen LogP contribution in [0, 0.1) is 13.8 Å². The number of phenols is 1. The maximum atomic E-state index is 12.0. The Bertz CT molecular complexity index is 1760. The van der Waals surface area contributed by atoms with Crippen LogP contribution < -0.4 is 24.8 Å². The SMILES string of the molecule is C=CCOc1ccc(/C=C/C(=O)Nc2ccc(C)cc2)cc1OC.C=CCc1cc(/C=C/C(=O)Nc2ccc(C)cc2)cc(OC)c1O. The van der Waals surface area contributed by atoms with Crippen molar-refractivity contribution >= 4 is 35.3 Å². The van der Waals surface area contributed by atoms with Crippen LogP contribution in [0.3, 0.4) is 0 Å². The Morgan fingerprint density at radius 2 is 1.21 bits per heavy atom. The number of amides is 2. The van der Waals surface area contributed by atoms with E-state index in [-0.39, 0.29) is 17.6 Å². The Morgan fingerprint density at radius 1 is 0.688 bits per heavy atom. The predicted molar refractivity (Wildman–Crippen MR) is 195 cm³/mol. The van der Waals surface area contributed by atoms with Gasteiger partial charge < -0.3 is 30.0 Å². The van der Waals surface area contributed by atoms with Gasteiger partial charge in [0.2, 0.25) is 11.8 Å². The number of rotatable bonds is 13. The van der Waals surface area contributed by atoms with Gasteiger partial charge >= 0.3 is 0 Å². The van der Waals surface area contributed by atoms with Crippen LogP contribution in [0.15, 0.2) is 116 Å². The van der Waals surface area contributed by atoms with Crippen LogP contribution in [0.25, 0.3) is 12.2 Å². The topological polar surface area (TPSA) is 106 Å². The summed E-state index contributed by atoms with van der Waals surface area (Å²) >= 11 is 0. The van der Waals surface area contributed by atoms with Crippen LogP contribution in [-0.2, 0) is 16.0 Å². The highest BCUT2D eigenvalue weighted by Crippen LogP contribution is 2.32. The molecule has 4 rings (SSSR count). The summed E-state index contributed by atoms with van der Waals surface area (Å²) in [6.07, 6.45) is 10.2. The molecule has 8 heteroatoms. The van der Waals surface area contributed by atoms with Gasteiger partial charge in [0.05, 0.1) is 14.2 Å². The van der Waals surface area contributed by atoms with Crippen molar-refractivity contribution in [2.24, 2.45) is 0 Å². The van der Waals surface area contributed by atoms with Gasteiger partial charge in [0, 0.05) is 29.1 Å². The quantitative estimate of drug-likeness (QED) is 0.0997. The number of aryl methyl sites for hydroxylation is 2. The number of carbonyl (C=O) groups is 2. The first kappa shape index (κ1) is 36.4. The highest BCUT2D eigenvalue weighted by molar-refractivity contribution is 6.02. The maximum absolute atomic E-state index is 12.0. The molecule has 4 aromatic rings. The summed E-state index contributed by atoms with van der Waals surface area (Å²) in [5.41, 5.74) is 6.09. The number of hydrogen-bond donors (Lipinski definition) is 3.